The molecule has 18 heavy (non-hydrogen) atoms. The van der Waals surface area contributed by atoms with Crippen LogP contribution in [0.1, 0.15) is 16.1 Å². The molecule has 1 heterocycles. The summed E-state index contributed by atoms with van der Waals surface area (Å²) in [5, 5.41) is 1.09. The summed E-state index contributed by atoms with van der Waals surface area (Å²) in [4.78, 5) is 20.3. The second-order valence-corrected chi connectivity index (χ2v) is 5.02. The largest absolute Gasteiger partial charge is 0.293 e. The fraction of sp³-hybridized carbons (Fsp3) is 0.154. The second kappa shape index (κ2) is 5.98. The molecule has 0 N–H and O–H groups in total. The Balaban J connectivity index is 2.03. The second-order valence-electron chi connectivity index (χ2n) is 3.67. The van der Waals surface area contributed by atoms with Crippen molar-refractivity contribution in [2.45, 2.75) is 12.1 Å². The van der Waals surface area contributed by atoms with Crippen molar-refractivity contribution in [2.24, 2.45) is 0 Å². The van der Waals surface area contributed by atoms with Gasteiger partial charge >= 0.3 is 0 Å². The van der Waals surface area contributed by atoms with Crippen LogP contribution in [-0.4, -0.2) is 21.5 Å². The van der Waals surface area contributed by atoms with E-state index >= 15 is 0 Å². The first-order valence-electron chi connectivity index (χ1n) is 5.37. The molecule has 3 nitrogen and oxygen atoms in total. The van der Waals surface area contributed by atoms with E-state index in [2.05, 4.69) is 9.97 Å². The van der Waals surface area contributed by atoms with Gasteiger partial charge < -0.3 is 0 Å². The molecule has 0 bridgehead atoms. The predicted molar refractivity (Wildman–Crippen MR) is 73.3 cm³/mol. The molecular weight excluding hydrogens is 268 g/mol. The summed E-state index contributed by atoms with van der Waals surface area (Å²) in [5.41, 5.74) is 1.43. The van der Waals surface area contributed by atoms with Crippen molar-refractivity contribution >= 4 is 29.1 Å². The first-order chi connectivity index (χ1) is 8.66. The van der Waals surface area contributed by atoms with E-state index in [0.29, 0.717) is 15.7 Å². The maximum absolute atomic E-state index is 12.0. The molecule has 5 heteroatoms. The number of Topliss-reactive ketones (excluding diaryl/α,β-unsaturated/α-hetero) is 1. The lowest BCUT2D eigenvalue weighted by atomic mass is 10.1. The number of aryl methyl sites for hydroxylation is 1. The average molecular weight is 279 g/mol. The molecule has 0 spiro atoms. The van der Waals surface area contributed by atoms with Crippen LogP contribution in [0, 0.1) is 6.92 Å². The fourth-order valence-corrected chi connectivity index (χ4v) is 2.39. The predicted octanol–water partition coefficient (Wildman–Crippen LogP) is 3.41. The summed E-state index contributed by atoms with van der Waals surface area (Å²) >= 11 is 7.28. The number of hydrogen-bond acceptors (Lipinski definition) is 4. The highest BCUT2D eigenvalue weighted by molar-refractivity contribution is 7.99. The van der Waals surface area contributed by atoms with Crippen LogP contribution in [0.25, 0.3) is 0 Å². The van der Waals surface area contributed by atoms with Crippen LogP contribution in [0.15, 0.2) is 41.7 Å². The molecule has 0 radical (unpaired) electrons. The molecule has 0 unspecified atom stereocenters. The third-order valence-corrected chi connectivity index (χ3v) is 3.47. The Morgan fingerprint density at radius 3 is 2.83 bits per heavy atom. The maximum Gasteiger partial charge on any atom is 0.188 e. The molecule has 1 aromatic heterocycles. The number of ketones is 1. The first kappa shape index (κ1) is 13.1. The quantitative estimate of drug-likeness (QED) is 0.488. The molecular formula is C13H11ClN2OS. The minimum Gasteiger partial charge on any atom is -0.293 e. The molecule has 0 amide bonds. The van der Waals surface area contributed by atoms with Crippen LogP contribution in [0.5, 0.6) is 0 Å². The van der Waals surface area contributed by atoms with Gasteiger partial charge in [-0.3, -0.25) is 4.79 Å². The highest BCUT2D eigenvalue weighted by Crippen LogP contribution is 2.19. The van der Waals surface area contributed by atoms with Gasteiger partial charge in [-0.1, -0.05) is 35.5 Å². The highest BCUT2D eigenvalue weighted by Gasteiger charge is 2.10. The van der Waals surface area contributed by atoms with E-state index < -0.39 is 0 Å². The summed E-state index contributed by atoms with van der Waals surface area (Å²) in [7, 11) is 0. The Kier molecular flexibility index (Phi) is 4.33. The summed E-state index contributed by atoms with van der Waals surface area (Å²) in [6, 6.07) is 8.85. The lowest BCUT2D eigenvalue weighted by Gasteiger charge is -2.03. The molecule has 0 fully saturated rings. The van der Waals surface area contributed by atoms with E-state index in [4.69, 9.17) is 11.6 Å². The third-order valence-electron chi connectivity index (χ3n) is 2.28. The van der Waals surface area contributed by atoms with Gasteiger partial charge in [-0.15, -0.1) is 0 Å². The van der Waals surface area contributed by atoms with Crippen LogP contribution in [-0.2, 0) is 0 Å². The van der Waals surface area contributed by atoms with Gasteiger partial charge in [0.1, 0.15) is 0 Å². The number of aromatic nitrogens is 2. The number of nitrogens with zero attached hydrogens (tertiary/aromatic N) is 2. The molecule has 0 saturated carbocycles. The molecule has 0 aliphatic rings. The average Bonchev–Trinajstić information content (AvgIpc) is 2.37. The Labute approximate surface area is 115 Å². The maximum atomic E-state index is 12.0. The van der Waals surface area contributed by atoms with Gasteiger partial charge in [0.2, 0.25) is 0 Å². The number of rotatable bonds is 4. The number of carbonyl (C=O) groups is 1. The van der Waals surface area contributed by atoms with Crippen LogP contribution < -0.4 is 0 Å². The lowest BCUT2D eigenvalue weighted by Crippen LogP contribution is -2.04. The van der Waals surface area contributed by atoms with Crippen molar-refractivity contribution < 1.29 is 4.79 Å². The summed E-state index contributed by atoms with van der Waals surface area (Å²) < 4.78 is 0. The first-order valence-corrected chi connectivity index (χ1v) is 6.73. The Morgan fingerprint density at radius 1 is 1.33 bits per heavy atom. The van der Waals surface area contributed by atoms with Crippen molar-refractivity contribution in [2.75, 3.05) is 5.75 Å². The zero-order valence-corrected chi connectivity index (χ0v) is 11.3. The minimum absolute atomic E-state index is 0.0179. The van der Waals surface area contributed by atoms with E-state index in [1.54, 1.807) is 30.5 Å². The molecule has 92 valence electrons. The SMILES string of the molecule is Cc1ccnc(SCC(=O)c2ccccc2Cl)n1. The minimum atomic E-state index is -0.0179. The molecule has 0 aliphatic heterocycles. The lowest BCUT2D eigenvalue weighted by molar-refractivity contribution is 0.102. The van der Waals surface area contributed by atoms with Gasteiger partial charge in [0.15, 0.2) is 10.9 Å². The number of benzene rings is 1. The Hall–Kier alpha value is -1.39. The van der Waals surface area contributed by atoms with E-state index in [1.807, 2.05) is 13.0 Å². The number of carbonyl (C=O) groups excluding carboxylic acids is 1. The van der Waals surface area contributed by atoms with E-state index in [0.717, 1.165) is 5.69 Å². The van der Waals surface area contributed by atoms with Crippen LogP contribution in [0.3, 0.4) is 0 Å². The number of halogens is 1. The van der Waals surface area contributed by atoms with Crippen molar-refractivity contribution in [3.8, 4) is 0 Å². The normalized spacial score (nSPS) is 10.3. The van der Waals surface area contributed by atoms with Gasteiger partial charge in [-0.05, 0) is 25.1 Å². The zero-order valence-electron chi connectivity index (χ0n) is 9.76. The van der Waals surface area contributed by atoms with Crippen LogP contribution in [0.4, 0.5) is 0 Å². The van der Waals surface area contributed by atoms with Gasteiger partial charge in [0, 0.05) is 17.5 Å². The van der Waals surface area contributed by atoms with Crippen molar-refractivity contribution in [1.29, 1.82) is 0 Å². The summed E-state index contributed by atoms with van der Waals surface area (Å²) in [6.45, 7) is 1.89. The molecule has 0 atom stereocenters. The highest BCUT2D eigenvalue weighted by atomic mass is 35.5. The number of thioether (sulfide) groups is 1. The van der Waals surface area contributed by atoms with Gasteiger partial charge in [-0.2, -0.15) is 0 Å². The molecule has 0 aliphatic carbocycles. The monoisotopic (exact) mass is 278 g/mol. The van der Waals surface area contributed by atoms with E-state index in [1.165, 1.54) is 11.8 Å². The topological polar surface area (TPSA) is 42.9 Å². The van der Waals surface area contributed by atoms with E-state index in [9.17, 15) is 4.79 Å². The molecule has 2 rings (SSSR count). The zero-order chi connectivity index (χ0) is 13.0. The third kappa shape index (κ3) is 3.31. The smallest absolute Gasteiger partial charge is 0.188 e. The molecule has 0 saturated heterocycles. The molecule has 1 aromatic carbocycles. The van der Waals surface area contributed by atoms with Crippen molar-refractivity contribution in [1.82, 2.24) is 9.97 Å². The summed E-state index contributed by atoms with van der Waals surface area (Å²) in [6.07, 6.45) is 1.69. The number of hydrogen-bond donors (Lipinski definition) is 0. The Morgan fingerprint density at radius 2 is 2.11 bits per heavy atom. The van der Waals surface area contributed by atoms with Crippen LogP contribution >= 0.6 is 23.4 Å². The van der Waals surface area contributed by atoms with Gasteiger partial charge in [0.25, 0.3) is 0 Å². The summed E-state index contributed by atoms with van der Waals surface area (Å²) in [5.74, 6) is 0.267. The standard InChI is InChI=1S/C13H11ClN2OS/c1-9-6-7-15-13(16-9)18-8-12(17)10-4-2-3-5-11(10)14/h2-7H,8H2,1H3. The van der Waals surface area contributed by atoms with Crippen molar-refractivity contribution in [3.05, 3.63) is 52.8 Å². The van der Waals surface area contributed by atoms with E-state index in [-0.39, 0.29) is 11.5 Å². The van der Waals surface area contributed by atoms with Gasteiger partial charge in [-0.25, -0.2) is 9.97 Å². The fourth-order valence-electron chi connectivity index (χ4n) is 1.39. The van der Waals surface area contributed by atoms with Crippen molar-refractivity contribution in [3.63, 3.8) is 0 Å². The Bertz CT molecular complexity index is 574. The van der Waals surface area contributed by atoms with Gasteiger partial charge in [0.05, 0.1) is 10.8 Å². The van der Waals surface area contributed by atoms with Crippen LogP contribution in [0.2, 0.25) is 5.02 Å². The molecule has 2 aromatic rings.